The SMILES string of the molecule is c1cc([C]2CC2)cs1. The fourth-order valence-corrected chi connectivity index (χ4v) is 1.51. The van der Waals surface area contributed by atoms with Gasteiger partial charge in [0.05, 0.1) is 0 Å². The predicted molar refractivity (Wildman–Crippen MR) is 35.9 cm³/mol. The normalized spacial score (nSPS) is 19.0. The van der Waals surface area contributed by atoms with Crippen LogP contribution in [0.1, 0.15) is 18.4 Å². The Hall–Kier alpha value is -0.300. The molecule has 0 saturated heterocycles. The van der Waals surface area contributed by atoms with Gasteiger partial charge in [0.25, 0.3) is 0 Å². The van der Waals surface area contributed by atoms with Gasteiger partial charge >= 0.3 is 0 Å². The Balaban J connectivity index is 2.28. The molecule has 0 N–H and O–H groups in total. The fourth-order valence-electron chi connectivity index (χ4n) is 0.817. The third-order valence-electron chi connectivity index (χ3n) is 1.43. The third kappa shape index (κ3) is 0.671. The molecule has 8 heavy (non-hydrogen) atoms. The second-order valence-electron chi connectivity index (χ2n) is 2.12. The number of thiophene rings is 1. The Labute approximate surface area is 53.2 Å². The van der Waals surface area contributed by atoms with E-state index in [1.807, 2.05) is 0 Å². The maximum atomic E-state index is 2.22. The van der Waals surface area contributed by atoms with Crippen molar-refractivity contribution in [3.05, 3.63) is 28.3 Å². The van der Waals surface area contributed by atoms with Crippen LogP contribution in [-0.2, 0) is 0 Å². The van der Waals surface area contributed by atoms with Gasteiger partial charge in [-0.2, -0.15) is 11.3 Å². The van der Waals surface area contributed by atoms with Gasteiger partial charge in [-0.3, -0.25) is 0 Å². The van der Waals surface area contributed by atoms with Crippen molar-refractivity contribution in [2.24, 2.45) is 0 Å². The molecular formula is C7H7S. The van der Waals surface area contributed by atoms with Gasteiger partial charge in [-0.25, -0.2) is 0 Å². The topological polar surface area (TPSA) is 0 Å². The van der Waals surface area contributed by atoms with E-state index in [9.17, 15) is 0 Å². The first kappa shape index (κ1) is 4.57. The van der Waals surface area contributed by atoms with E-state index in [-0.39, 0.29) is 0 Å². The monoisotopic (exact) mass is 123 g/mol. The van der Waals surface area contributed by atoms with E-state index >= 15 is 0 Å². The van der Waals surface area contributed by atoms with Crippen LogP contribution in [0.3, 0.4) is 0 Å². The van der Waals surface area contributed by atoms with E-state index in [1.54, 1.807) is 17.3 Å². The Bertz CT molecular complexity index is 161. The summed E-state index contributed by atoms with van der Waals surface area (Å²) in [6, 6.07) is 2.20. The summed E-state index contributed by atoms with van der Waals surface area (Å²) in [6.45, 7) is 0. The Morgan fingerprint density at radius 2 is 2.25 bits per heavy atom. The van der Waals surface area contributed by atoms with E-state index in [4.69, 9.17) is 0 Å². The molecule has 1 aliphatic carbocycles. The van der Waals surface area contributed by atoms with Crippen LogP contribution in [0.5, 0.6) is 0 Å². The predicted octanol–water partition coefficient (Wildman–Crippen LogP) is 2.46. The zero-order chi connectivity index (χ0) is 5.40. The molecule has 0 atom stereocenters. The molecule has 1 radical (unpaired) electrons. The van der Waals surface area contributed by atoms with Gasteiger partial charge in [-0.1, -0.05) is 0 Å². The second kappa shape index (κ2) is 1.59. The van der Waals surface area contributed by atoms with Crippen molar-refractivity contribution >= 4 is 11.3 Å². The summed E-state index contributed by atoms with van der Waals surface area (Å²) in [4.78, 5) is 0. The molecule has 1 aromatic heterocycles. The quantitative estimate of drug-likeness (QED) is 0.538. The van der Waals surface area contributed by atoms with Crippen LogP contribution in [0, 0.1) is 5.92 Å². The minimum Gasteiger partial charge on any atom is -0.152 e. The molecule has 0 aromatic carbocycles. The highest BCUT2D eigenvalue weighted by Crippen LogP contribution is 2.39. The minimum absolute atomic E-state index is 1.34. The average Bonchev–Trinajstić information content (AvgIpc) is 2.49. The van der Waals surface area contributed by atoms with Gasteiger partial charge in [0.15, 0.2) is 0 Å². The maximum absolute atomic E-state index is 2.22. The zero-order valence-corrected chi connectivity index (χ0v) is 5.37. The number of hydrogen-bond donors (Lipinski definition) is 0. The average molecular weight is 123 g/mol. The molecule has 0 unspecified atom stereocenters. The summed E-state index contributed by atoms with van der Waals surface area (Å²) >= 11 is 1.79. The van der Waals surface area contributed by atoms with Gasteiger partial charge in [0, 0.05) is 5.92 Å². The van der Waals surface area contributed by atoms with E-state index in [1.165, 1.54) is 18.4 Å². The molecule has 1 heteroatoms. The molecule has 0 aliphatic heterocycles. The molecule has 0 amide bonds. The highest BCUT2D eigenvalue weighted by atomic mass is 32.1. The maximum Gasteiger partial charge on any atom is 0.00590 e. The van der Waals surface area contributed by atoms with Gasteiger partial charge in [0.1, 0.15) is 0 Å². The molecule has 1 aliphatic rings. The summed E-state index contributed by atoms with van der Waals surface area (Å²) in [6.07, 6.45) is 2.69. The van der Waals surface area contributed by atoms with Crippen LogP contribution in [-0.4, -0.2) is 0 Å². The first-order valence-electron chi connectivity index (χ1n) is 2.84. The lowest BCUT2D eigenvalue weighted by molar-refractivity contribution is 1.46. The van der Waals surface area contributed by atoms with Crippen molar-refractivity contribution in [3.8, 4) is 0 Å². The third-order valence-corrected chi connectivity index (χ3v) is 2.11. The number of rotatable bonds is 1. The first-order valence-corrected chi connectivity index (χ1v) is 3.78. The van der Waals surface area contributed by atoms with E-state index in [0.29, 0.717) is 0 Å². The smallest absolute Gasteiger partial charge is 0.00590 e. The van der Waals surface area contributed by atoms with Gasteiger partial charge in [-0.05, 0) is 35.2 Å². The molecule has 1 heterocycles. The molecule has 1 aromatic rings. The molecule has 41 valence electrons. The Morgan fingerprint density at radius 1 is 1.38 bits per heavy atom. The zero-order valence-electron chi connectivity index (χ0n) is 4.55. The molecule has 0 nitrogen and oxygen atoms in total. The molecule has 0 spiro atoms. The summed E-state index contributed by atoms with van der Waals surface area (Å²) in [7, 11) is 0. The van der Waals surface area contributed by atoms with E-state index in [2.05, 4.69) is 16.8 Å². The van der Waals surface area contributed by atoms with Crippen molar-refractivity contribution in [2.75, 3.05) is 0 Å². The van der Waals surface area contributed by atoms with Crippen LogP contribution < -0.4 is 0 Å². The fraction of sp³-hybridized carbons (Fsp3) is 0.286. The summed E-state index contributed by atoms with van der Waals surface area (Å²) in [5, 5.41) is 4.36. The summed E-state index contributed by atoms with van der Waals surface area (Å²) in [5.74, 6) is 1.64. The van der Waals surface area contributed by atoms with E-state index in [0.717, 1.165) is 0 Å². The largest absolute Gasteiger partial charge is 0.152 e. The second-order valence-corrected chi connectivity index (χ2v) is 2.90. The van der Waals surface area contributed by atoms with Crippen LogP contribution in [0.2, 0.25) is 0 Å². The molecule has 1 saturated carbocycles. The highest BCUT2D eigenvalue weighted by molar-refractivity contribution is 7.08. The lowest BCUT2D eigenvalue weighted by Crippen LogP contribution is -1.67. The molecule has 2 rings (SSSR count). The Morgan fingerprint density at radius 3 is 2.75 bits per heavy atom. The van der Waals surface area contributed by atoms with Gasteiger partial charge in [0.2, 0.25) is 0 Å². The van der Waals surface area contributed by atoms with Crippen LogP contribution in [0.15, 0.2) is 16.8 Å². The molecular weight excluding hydrogens is 116 g/mol. The van der Waals surface area contributed by atoms with Crippen LogP contribution in [0.25, 0.3) is 0 Å². The Kier molecular flexibility index (Phi) is 0.908. The van der Waals surface area contributed by atoms with Crippen LogP contribution >= 0.6 is 11.3 Å². The van der Waals surface area contributed by atoms with E-state index < -0.39 is 0 Å². The summed E-state index contributed by atoms with van der Waals surface area (Å²) in [5.41, 5.74) is 1.48. The molecule has 0 bridgehead atoms. The van der Waals surface area contributed by atoms with Crippen molar-refractivity contribution in [3.63, 3.8) is 0 Å². The highest BCUT2D eigenvalue weighted by Gasteiger charge is 2.23. The van der Waals surface area contributed by atoms with Gasteiger partial charge in [-0.15, -0.1) is 0 Å². The summed E-state index contributed by atoms with van der Waals surface area (Å²) < 4.78 is 0. The minimum atomic E-state index is 1.34. The van der Waals surface area contributed by atoms with Crippen molar-refractivity contribution in [1.29, 1.82) is 0 Å². The number of hydrogen-bond acceptors (Lipinski definition) is 1. The lowest BCUT2D eigenvalue weighted by Gasteiger charge is -1.81. The van der Waals surface area contributed by atoms with Crippen LogP contribution in [0.4, 0.5) is 0 Å². The molecule has 1 fully saturated rings. The standard InChI is InChI=1S/C7H7S/c1-2-6(1)7-3-4-8-5-7/h3-5H,1-2H2. The first-order chi connectivity index (χ1) is 3.97. The van der Waals surface area contributed by atoms with Gasteiger partial charge < -0.3 is 0 Å². The van der Waals surface area contributed by atoms with Crippen molar-refractivity contribution in [2.45, 2.75) is 12.8 Å². The van der Waals surface area contributed by atoms with Crippen molar-refractivity contribution in [1.82, 2.24) is 0 Å². The lowest BCUT2D eigenvalue weighted by atomic mass is 10.2. The van der Waals surface area contributed by atoms with Crippen molar-refractivity contribution < 1.29 is 0 Å².